The number of likely N-dealkylation sites (N-methyl/N-ethyl adjacent to an activating group) is 1. The summed E-state index contributed by atoms with van der Waals surface area (Å²) in [5.41, 5.74) is 1.11. The fourth-order valence-corrected chi connectivity index (χ4v) is 2.38. The average molecular weight is 291 g/mol. The molecule has 0 atom stereocenters. The molecule has 1 aliphatic rings. The fraction of sp³-hybridized carbons (Fsp3) is 0.600. The molecule has 1 aromatic heterocycles. The van der Waals surface area contributed by atoms with E-state index in [1.807, 2.05) is 32.2 Å². The van der Waals surface area contributed by atoms with E-state index in [9.17, 15) is 4.79 Å². The first-order valence-corrected chi connectivity index (χ1v) is 7.59. The van der Waals surface area contributed by atoms with E-state index < -0.39 is 0 Å². The monoisotopic (exact) mass is 291 g/mol. The summed E-state index contributed by atoms with van der Waals surface area (Å²) in [5, 5.41) is 5.51. The Kier molecular flexibility index (Phi) is 5.38. The fourth-order valence-electron chi connectivity index (χ4n) is 2.38. The van der Waals surface area contributed by atoms with Crippen molar-refractivity contribution in [2.75, 3.05) is 42.9 Å². The van der Waals surface area contributed by atoms with Crippen molar-refractivity contribution in [3.63, 3.8) is 0 Å². The second-order valence-electron chi connectivity index (χ2n) is 5.58. The van der Waals surface area contributed by atoms with Gasteiger partial charge in [0.15, 0.2) is 0 Å². The predicted molar refractivity (Wildman–Crippen MR) is 85.9 cm³/mol. The predicted octanol–water partition coefficient (Wildman–Crippen LogP) is 1.75. The molecule has 0 saturated carbocycles. The normalized spacial score (nSPS) is 16.1. The summed E-state index contributed by atoms with van der Waals surface area (Å²) in [6.07, 6.45) is 1.83. The molecule has 0 aromatic carbocycles. The van der Waals surface area contributed by atoms with Gasteiger partial charge in [-0.15, -0.1) is 0 Å². The number of rotatable bonds is 4. The third-order valence-electron chi connectivity index (χ3n) is 3.59. The van der Waals surface area contributed by atoms with Gasteiger partial charge in [0.05, 0.1) is 11.9 Å². The first-order chi connectivity index (χ1) is 10.1. The maximum atomic E-state index is 11.6. The lowest BCUT2D eigenvalue weighted by atomic mass is 10.2. The number of carbonyl (C=O) groups excluding carboxylic acids is 1. The molecule has 0 radical (unpaired) electrons. The molecule has 2 amide bonds. The molecule has 2 heterocycles. The van der Waals surface area contributed by atoms with Crippen LogP contribution in [-0.2, 0) is 0 Å². The Balaban J connectivity index is 1.89. The van der Waals surface area contributed by atoms with Crippen molar-refractivity contribution in [3.8, 4) is 0 Å². The SMILES string of the molecule is CCN1CCN(c2ccc(NC(=O)NC(C)C)nc2)CC1. The zero-order valence-corrected chi connectivity index (χ0v) is 13.1. The van der Waals surface area contributed by atoms with Gasteiger partial charge in [0.1, 0.15) is 5.82 Å². The number of piperazine rings is 1. The van der Waals surface area contributed by atoms with Crippen molar-refractivity contribution in [1.82, 2.24) is 15.2 Å². The molecule has 2 rings (SSSR count). The van der Waals surface area contributed by atoms with Crippen molar-refractivity contribution in [1.29, 1.82) is 0 Å². The zero-order valence-electron chi connectivity index (χ0n) is 13.1. The minimum atomic E-state index is -0.221. The van der Waals surface area contributed by atoms with E-state index in [4.69, 9.17) is 0 Å². The van der Waals surface area contributed by atoms with Crippen molar-refractivity contribution in [3.05, 3.63) is 18.3 Å². The quantitative estimate of drug-likeness (QED) is 0.887. The van der Waals surface area contributed by atoms with Crippen LogP contribution in [0, 0.1) is 0 Å². The molecule has 116 valence electrons. The highest BCUT2D eigenvalue weighted by atomic mass is 16.2. The third kappa shape index (κ3) is 4.60. The standard InChI is InChI=1S/C15H25N5O/c1-4-19-7-9-20(10-8-19)13-5-6-14(16-11-13)18-15(21)17-12(2)3/h5-6,11-12H,4,7-10H2,1-3H3,(H2,16,17,18,21). The molecule has 0 bridgehead atoms. The van der Waals surface area contributed by atoms with Gasteiger partial charge in [-0.3, -0.25) is 5.32 Å². The van der Waals surface area contributed by atoms with E-state index in [0.717, 1.165) is 38.4 Å². The van der Waals surface area contributed by atoms with E-state index in [0.29, 0.717) is 5.82 Å². The van der Waals surface area contributed by atoms with Crippen LogP contribution in [0.2, 0.25) is 0 Å². The molecule has 0 unspecified atom stereocenters. The Labute approximate surface area is 126 Å². The largest absolute Gasteiger partial charge is 0.368 e. The van der Waals surface area contributed by atoms with Gasteiger partial charge < -0.3 is 15.1 Å². The van der Waals surface area contributed by atoms with Crippen molar-refractivity contribution in [2.24, 2.45) is 0 Å². The summed E-state index contributed by atoms with van der Waals surface area (Å²) >= 11 is 0. The van der Waals surface area contributed by atoms with Crippen LogP contribution >= 0.6 is 0 Å². The van der Waals surface area contributed by atoms with Gasteiger partial charge in [-0.05, 0) is 32.5 Å². The van der Waals surface area contributed by atoms with Crippen LogP contribution in [0.3, 0.4) is 0 Å². The van der Waals surface area contributed by atoms with Crippen LogP contribution in [0.4, 0.5) is 16.3 Å². The van der Waals surface area contributed by atoms with Gasteiger partial charge in [-0.1, -0.05) is 6.92 Å². The first kappa shape index (κ1) is 15.6. The van der Waals surface area contributed by atoms with Crippen molar-refractivity contribution < 1.29 is 4.79 Å². The zero-order chi connectivity index (χ0) is 15.2. The lowest BCUT2D eigenvalue weighted by Crippen LogP contribution is -2.46. The number of aromatic nitrogens is 1. The highest BCUT2D eigenvalue weighted by Crippen LogP contribution is 2.17. The van der Waals surface area contributed by atoms with Gasteiger partial charge in [-0.25, -0.2) is 9.78 Å². The number of hydrogen-bond acceptors (Lipinski definition) is 4. The highest BCUT2D eigenvalue weighted by Gasteiger charge is 2.16. The van der Waals surface area contributed by atoms with Crippen LogP contribution in [-0.4, -0.2) is 54.7 Å². The van der Waals surface area contributed by atoms with Crippen molar-refractivity contribution >= 4 is 17.5 Å². The van der Waals surface area contributed by atoms with Crippen LogP contribution in [0.1, 0.15) is 20.8 Å². The van der Waals surface area contributed by atoms with Crippen molar-refractivity contribution in [2.45, 2.75) is 26.8 Å². The lowest BCUT2D eigenvalue weighted by Gasteiger charge is -2.35. The molecule has 6 heteroatoms. The molecule has 1 aromatic rings. The lowest BCUT2D eigenvalue weighted by molar-refractivity contribution is 0.250. The molecule has 0 spiro atoms. The number of hydrogen-bond donors (Lipinski definition) is 2. The van der Waals surface area contributed by atoms with Gasteiger partial charge >= 0.3 is 6.03 Å². The van der Waals surface area contributed by atoms with Crippen LogP contribution in [0.5, 0.6) is 0 Å². The molecule has 21 heavy (non-hydrogen) atoms. The molecule has 6 nitrogen and oxygen atoms in total. The molecule has 1 aliphatic heterocycles. The summed E-state index contributed by atoms with van der Waals surface area (Å²) in [5.74, 6) is 0.573. The highest BCUT2D eigenvalue weighted by molar-refractivity contribution is 5.88. The van der Waals surface area contributed by atoms with Gasteiger partial charge in [0.25, 0.3) is 0 Å². The summed E-state index contributed by atoms with van der Waals surface area (Å²) in [6, 6.07) is 3.75. The Hall–Kier alpha value is -1.82. The Morgan fingerprint density at radius 2 is 2.00 bits per heavy atom. The number of nitrogens with one attached hydrogen (secondary N) is 2. The van der Waals surface area contributed by atoms with Gasteiger partial charge in [0, 0.05) is 32.2 Å². The number of nitrogens with zero attached hydrogens (tertiary/aromatic N) is 3. The minimum absolute atomic E-state index is 0.110. The average Bonchev–Trinajstić information content (AvgIpc) is 2.47. The second-order valence-corrected chi connectivity index (χ2v) is 5.58. The first-order valence-electron chi connectivity index (χ1n) is 7.59. The van der Waals surface area contributed by atoms with E-state index in [1.165, 1.54) is 0 Å². The summed E-state index contributed by atoms with van der Waals surface area (Å²) < 4.78 is 0. The van der Waals surface area contributed by atoms with E-state index in [1.54, 1.807) is 0 Å². The van der Waals surface area contributed by atoms with E-state index in [2.05, 4.69) is 32.3 Å². The van der Waals surface area contributed by atoms with Crippen LogP contribution in [0.25, 0.3) is 0 Å². The summed E-state index contributed by atoms with van der Waals surface area (Å²) in [6.45, 7) is 11.4. The summed E-state index contributed by atoms with van der Waals surface area (Å²) in [7, 11) is 0. The Morgan fingerprint density at radius 3 is 2.52 bits per heavy atom. The molecule has 1 saturated heterocycles. The maximum Gasteiger partial charge on any atom is 0.320 e. The molecule has 2 N–H and O–H groups in total. The topological polar surface area (TPSA) is 60.5 Å². The number of pyridine rings is 1. The molecular weight excluding hydrogens is 266 g/mol. The maximum absolute atomic E-state index is 11.6. The number of urea groups is 1. The molecule has 0 aliphatic carbocycles. The number of carbonyl (C=O) groups is 1. The minimum Gasteiger partial charge on any atom is -0.368 e. The van der Waals surface area contributed by atoms with Crippen LogP contribution < -0.4 is 15.5 Å². The Bertz CT molecular complexity index is 452. The smallest absolute Gasteiger partial charge is 0.320 e. The Morgan fingerprint density at radius 1 is 1.29 bits per heavy atom. The summed E-state index contributed by atoms with van der Waals surface area (Å²) in [4.78, 5) is 20.7. The van der Waals surface area contributed by atoms with Gasteiger partial charge in [0.2, 0.25) is 0 Å². The van der Waals surface area contributed by atoms with E-state index in [-0.39, 0.29) is 12.1 Å². The number of amides is 2. The van der Waals surface area contributed by atoms with Gasteiger partial charge in [-0.2, -0.15) is 0 Å². The van der Waals surface area contributed by atoms with E-state index >= 15 is 0 Å². The number of anilines is 2. The second kappa shape index (κ2) is 7.26. The van der Waals surface area contributed by atoms with Crippen LogP contribution in [0.15, 0.2) is 18.3 Å². The molecule has 1 fully saturated rings. The molecular formula is C15H25N5O. The third-order valence-corrected chi connectivity index (χ3v) is 3.59.